The second-order valence-corrected chi connectivity index (χ2v) is 6.08. The molecule has 0 saturated heterocycles. The Morgan fingerprint density at radius 2 is 1.93 bits per heavy atom. The predicted octanol–water partition coefficient (Wildman–Crippen LogP) is 2.72. The van der Waals surface area contributed by atoms with Gasteiger partial charge >= 0.3 is 6.36 Å². The first-order valence-electron chi connectivity index (χ1n) is 8.49. The fourth-order valence-corrected chi connectivity index (χ4v) is 2.48. The Hall–Kier alpha value is -1.27. The van der Waals surface area contributed by atoms with Crippen molar-refractivity contribution in [2.75, 3.05) is 33.4 Å². The molecule has 1 saturated carbocycles. The van der Waals surface area contributed by atoms with Crippen LogP contribution >= 0.6 is 24.0 Å². The highest BCUT2D eigenvalue weighted by molar-refractivity contribution is 14.0. The molecule has 1 fully saturated rings. The average molecular weight is 502 g/mol. The molecule has 154 valence electrons. The maximum Gasteiger partial charge on any atom is 0.573 e. The number of ether oxygens (including phenoxy) is 2. The number of methoxy groups -OCH3 is 1. The molecule has 10 heteroatoms. The molecule has 0 amide bonds. The molecule has 1 aliphatic rings. The first-order valence-corrected chi connectivity index (χ1v) is 8.49. The fourth-order valence-electron chi connectivity index (χ4n) is 2.48. The predicted molar refractivity (Wildman–Crippen MR) is 108 cm³/mol. The van der Waals surface area contributed by atoms with Crippen molar-refractivity contribution in [1.29, 1.82) is 0 Å². The molecule has 0 heterocycles. The summed E-state index contributed by atoms with van der Waals surface area (Å²) >= 11 is 0. The molecular formula is C17H26F3IN4O2. The molecule has 0 bridgehead atoms. The summed E-state index contributed by atoms with van der Waals surface area (Å²) in [7, 11) is 1.69. The van der Waals surface area contributed by atoms with Gasteiger partial charge in [0.2, 0.25) is 0 Å². The van der Waals surface area contributed by atoms with Gasteiger partial charge < -0.3 is 20.5 Å². The minimum atomic E-state index is -4.69. The van der Waals surface area contributed by atoms with Crippen LogP contribution in [-0.4, -0.2) is 56.6 Å². The van der Waals surface area contributed by atoms with Crippen LogP contribution in [0.1, 0.15) is 18.4 Å². The van der Waals surface area contributed by atoms with E-state index in [0.717, 1.165) is 18.7 Å². The lowest BCUT2D eigenvalue weighted by molar-refractivity contribution is -0.274. The van der Waals surface area contributed by atoms with Crippen LogP contribution in [0.15, 0.2) is 29.3 Å². The molecule has 3 N–H and O–H groups in total. The van der Waals surface area contributed by atoms with Crippen molar-refractivity contribution in [2.24, 2.45) is 10.7 Å². The van der Waals surface area contributed by atoms with Gasteiger partial charge in [0, 0.05) is 32.8 Å². The Morgan fingerprint density at radius 1 is 1.26 bits per heavy atom. The molecule has 1 aromatic rings. The number of guanidine groups is 1. The molecule has 0 aliphatic heterocycles. The zero-order valence-electron chi connectivity index (χ0n) is 15.2. The fraction of sp³-hybridized carbons (Fsp3) is 0.588. The van der Waals surface area contributed by atoms with Gasteiger partial charge in [0.05, 0.1) is 13.2 Å². The maximum absolute atomic E-state index is 12.1. The molecule has 1 aliphatic carbocycles. The maximum atomic E-state index is 12.1. The molecular weight excluding hydrogens is 476 g/mol. The van der Waals surface area contributed by atoms with Gasteiger partial charge in [-0.25, -0.2) is 4.99 Å². The second kappa shape index (κ2) is 11.5. The van der Waals surface area contributed by atoms with Crippen LogP contribution in [0.4, 0.5) is 13.2 Å². The number of nitrogens with two attached hydrogens (primary N) is 1. The van der Waals surface area contributed by atoms with Gasteiger partial charge in [-0.3, -0.25) is 4.90 Å². The van der Waals surface area contributed by atoms with Crippen molar-refractivity contribution in [3.63, 3.8) is 0 Å². The van der Waals surface area contributed by atoms with Gasteiger partial charge in [0.15, 0.2) is 5.96 Å². The Balaban J connectivity index is 0.00000364. The first kappa shape index (κ1) is 23.8. The summed E-state index contributed by atoms with van der Waals surface area (Å²) in [5.74, 6) is 0.0515. The van der Waals surface area contributed by atoms with Crippen LogP contribution in [0, 0.1) is 0 Å². The van der Waals surface area contributed by atoms with Crippen LogP contribution in [0.3, 0.4) is 0 Å². The van der Waals surface area contributed by atoms with E-state index < -0.39 is 6.36 Å². The molecule has 1 aromatic carbocycles. The summed E-state index contributed by atoms with van der Waals surface area (Å²) in [6.07, 6.45) is -2.24. The highest BCUT2D eigenvalue weighted by atomic mass is 127. The van der Waals surface area contributed by atoms with Crippen LogP contribution in [0.2, 0.25) is 0 Å². The van der Waals surface area contributed by atoms with E-state index in [2.05, 4.69) is 19.9 Å². The van der Waals surface area contributed by atoms with Gasteiger partial charge in [-0.1, -0.05) is 12.1 Å². The summed E-state index contributed by atoms with van der Waals surface area (Å²) in [6, 6.07) is 6.20. The number of nitrogens with zero attached hydrogens (tertiary/aromatic N) is 2. The molecule has 0 unspecified atom stereocenters. The van der Waals surface area contributed by atoms with Gasteiger partial charge in [0.25, 0.3) is 0 Å². The van der Waals surface area contributed by atoms with E-state index in [-0.39, 0.29) is 36.3 Å². The van der Waals surface area contributed by atoms with E-state index in [0.29, 0.717) is 25.2 Å². The normalized spacial score (nSPS) is 14.8. The van der Waals surface area contributed by atoms with E-state index in [1.807, 2.05) is 0 Å². The van der Waals surface area contributed by atoms with Crippen molar-refractivity contribution >= 4 is 29.9 Å². The minimum absolute atomic E-state index is 0. The number of rotatable bonds is 10. The van der Waals surface area contributed by atoms with Crippen LogP contribution in [-0.2, 0) is 11.3 Å². The van der Waals surface area contributed by atoms with E-state index >= 15 is 0 Å². The Labute approximate surface area is 174 Å². The highest BCUT2D eigenvalue weighted by Gasteiger charge is 2.31. The molecule has 0 spiro atoms. The largest absolute Gasteiger partial charge is 0.573 e. The number of nitrogens with one attached hydrogen (secondary N) is 1. The molecule has 0 atom stereocenters. The number of hydrogen-bond donors (Lipinski definition) is 2. The number of hydrogen-bond acceptors (Lipinski definition) is 4. The summed E-state index contributed by atoms with van der Waals surface area (Å²) in [4.78, 5) is 6.56. The quantitative estimate of drug-likeness (QED) is 0.293. The summed E-state index contributed by atoms with van der Waals surface area (Å²) < 4.78 is 45.3. The lowest BCUT2D eigenvalue weighted by Gasteiger charge is -2.21. The van der Waals surface area contributed by atoms with E-state index in [1.165, 1.54) is 37.1 Å². The third-order valence-corrected chi connectivity index (χ3v) is 3.94. The molecule has 6 nitrogen and oxygen atoms in total. The number of halogens is 4. The summed E-state index contributed by atoms with van der Waals surface area (Å²) in [5, 5.41) is 3.06. The van der Waals surface area contributed by atoms with Crippen LogP contribution in [0.5, 0.6) is 5.75 Å². The average Bonchev–Trinajstić information content (AvgIpc) is 3.41. The zero-order chi connectivity index (χ0) is 19.0. The summed E-state index contributed by atoms with van der Waals surface area (Å²) in [5.41, 5.74) is 6.57. The molecule has 0 aromatic heterocycles. The van der Waals surface area contributed by atoms with E-state index in [4.69, 9.17) is 10.5 Å². The molecule has 27 heavy (non-hydrogen) atoms. The Bertz CT molecular complexity index is 581. The molecule has 0 radical (unpaired) electrons. The topological polar surface area (TPSA) is 72.1 Å². The Kier molecular flexibility index (Phi) is 10.2. The number of alkyl halides is 3. The van der Waals surface area contributed by atoms with Crippen molar-refractivity contribution in [2.45, 2.75) is 31.8 Å². The van der Waals surface area contributed by atoms with Gasteiger partial charge in [-0.2, -0.15) is 0 Å². The van der Waals surface area contributed by atoms with Crippen molar-refractivity contribution in [1.82, 2.24) is 10.2 Å². The van der Waals surface area contributed by atoms with Gasteiger partial charge in [-0.15, -0.1) is 37.1 Å². The van der Waals surface area contributed by atoms with Crippen molar-refractivity contribution in [3.8, 4) is 5.75 Å². The van der Waals surface area contributed by atoms with Crippen LogP contribution in [0.25, 0.3) is 0 Å². The highest BCUT2D eigenvalue weighted by Crippen LogP contribution is 2.26. The smallest absolute Gasteiger partial charge is 0.406 e. The number of aliphatic imine (C=N–C) groups is 1. The van der Waals surface area contributed by atoms with Crippen LogP contribution < -0.4 is 15.8 Å². The SMILES string of the molecule is COCCN(CCNC(N)=NCc1ccc(OC(F)(F)F)cc1)C1CC1.I. The lowest BCUT2D eigenvalue weighted by atomic mass is 10.2. The van der Waals surface area contributed by atoms with Crippen molar-refractivity contribution < 1.29 is 22.6 Å². The molecule has 2 rings (SSSR count). The minimum Gasteiger partial charge on any atom is -0.406 e. The standard InChI is InChI=1S/C17H25F3N4O2.HI/c1-25-11-10-24(14-4-5-14)9-8-22-16(21)23-12-13-2-6-15(7-3-13)26-17(18,19)20;/h2-3,6-7,14H,4-5,8-12H2,1H3,(H3,21,22,23);1H. The van der Waals surface area contributed by atoms with Gasteiger partial charge in [-0.05, 0) is 30.5 Å². The number of benzene rings is 1. The third-order valence-electron chi connectivity index (χ3n) is 3.94. The zero-order valence-corrected chi connectivity index (χ0v) is 17.5. The van der Waals surface area contributed by atoms with Gasteiger partial charge in [0.1, 0.15) is 5.75 Å². The van der Waals surface area contributed by atoms with E-state index in [1.54, 1.807) is 7.11 Å². The summed E-state index contributed by atoms with van der Waals surface area (Å²) in [6.45, 7) is 3.41. The first-order chi connectivity index (χ1) is 12.4. The second-order valence-electron chi connectivity index (χ2n) is 6.08. The monoisotopic (exact) mass is 502 g/mol. The Morgan fingerprint density at radius 3 is 2.48 bits per heavy atom. The van der Waals surface area contributed by atoms with Crippen molar-refractivity contribution in [3.05, 3.63) is 29.8 Å². The lowest BCUT2D eigenvalue weighted by Crippen LogP contribution is -2.40. The third kappa shape index (κ3) is 10.0. The van der Waals surface area contributed by atoms with E-state index in [9.17, 15) is 13.2 Å².